The van der Waals surface area contributed by atoms with E-state index in [2.05, 4.69) is 70.0 Å². The van der Waals surface area contributed by atoms with E-state index < -0.39 is 55.6 Å². The number of ether oxygens (including phenoxy) is 2. The summed E-state index contributed by atoms with van der Waals surface area (Å²) in [7, 11) is -1.32. The Kier molecular flexibility index (Phi) is 17.9. The largest absolute Gasteiger partial charge is 0.464 e. The van der Waals surface area contributed by atoms with Crippen molar-refractivity contribution in [2.45, 2.75) is 160 Å². The van der Waals surface area contributed by atoms with Gasteiger partial charge in [-0.05, 0) is 162 Å². The predicted octanol–water partition coefficient (Wildman–Crippen LogP) is 10.4. The average molecular weight is 1050 g/mol. The van der Waals surface area contributed by atoms with Gasteiger partial charge in [0.1, 0.15) is 11.6 Å². The second kappa shape index (κ2) is 23.2. The first-order chi connectivity index (χ1) is 34.6. The molecule has 1 heterocycles. The smallest absolute Gasteiger partial charge is 0.412 e. The van der Waals surface area contributed by atoms with Gasteiger partial charge in [0, 0.05) is 47.8 Å². The fourth-order valence-electron chi connectivity index (χ4n) is 8.91. The summed E-state index contributed by atoms with van der Waals surface area (Å²) >= 11 is 0. The number of aryl methyl sites for hydroxylation is 1. The third kappa shape index (κ3) is 14.4. The highest BCUT2D eigenvalue weighted by atomic mass is 28.4. The van der Waals surface area contributed by atoms with E-state index in [1.165, 1.54) is 24.3 Å². The summed E-state index contributed by atoms with van der Waals surface area (Å²) in [6.07, 6.45) is 5.81. The molecule has 4 aromatic rings. The second-order valence-corrected chi connectivity index (χ2v) is 26.9. The van der Waals surface area contributed by atoms with Crippen molar-refractivity contribution in [3.63, 3.8) is 0 Å². The van der Waals surface area contributed by atoms with Crippen LogP contribution in [0.4, 0.5) is 28.0 Å². The van der Waals surface area contributed by atoms with Crippen LogP contribution in [0.3, 0.4) is 0 Å². The summed E-state index contributed by atoms with van der Waals surface area (Å²) in [6.45, 7) is 19.0. The van der Waals surface area contributed by atoms with Crippen LogP contribution in [0.25, 0.3) is 22.5 Å². The number of rotatable bonds is 17. The SMILES string of the molecule is COC(=O)C(F)(F)C(F)(F)c1nc(-c2ccc(NC(=O)[C@H](Cc3ccc(-c4ccc(C(=O)NC5CCC(O[Si](C)(C)C(C)(C)C)CC5)cc4C)cc3)NC(=O)C3CCC(CNC(=O)OC(C)(C)C)CC3)cc2)n[nH]1. The molecule has 6 rings (SSSR count). The minimum atomic E-state index is -5.23. The van der Waals surface area contributed by atoms with Crippen LogP contribution in [0.1, 0.15) is 120 Å². The summed E-state index contributed by atoms with van der Waals surface area (Å²) in [6, 6.07) is 17.9. The highest BCUT2D eigenvalue weighted by Crippen LogP contribution is 2.43. The Bertz CT molecular complexity index is 2620. The zero-order chi connectivity index (χ0) is 54.4. The molecule has 0 saturated heterocycles. The van der Waals surface area contributed by atoms with E-state index in [9.17, 15) is 41.5 Å². The minimum Gasteiger partial charge on any atom is -0.464 e. The fourth-order valence-corrected chi connectivity index (χ4v) is 10.3. The lowest BCUT2D eigenvalue weighted by molar-refractivity contribution is -0.233. The van der Waals surface area contributed by atoms with E-state index in [0.717, 1.165) is 47.9 Å². The number of aromatic nitrogens is 3. The molecule has 2 fully saturated rings. The number of carbonyl (C=O) groups excluding carboxylic acids is 5. The molecule has 5 N–H and O–H groups in total. The standard InChI is InChI=1S/C54H71F4N7O8Si/c1-32-29-38(46(67)60-40-24-26-41(27-25-40)73-74(9,10)52(5,6)7)21-28-42(32)35-15-11-33(12-16-35)30-43(62-45(66)37-17-13-34(14-18-37)31-59-50(70)72-51(2,3)4)47(68)61-39-22-19-36(20-23-39)44-63-48(65-64-44)53(55,56)54(57,58)49(69)71-8/h11-12,15-16,19-23,28-29,34,37,40-41,43H,13-14,17-18,24-27,30-31H2,1-10H3,(H,59,70)(H,60,67)(H,61,68)(H,62,66)(H,63,64,65)/t34?,37?,40?,41?,43-/m0/s1. The molecule has 3 aromatic carbocycles. The minimum absolute atomic E-state index is 0.0780. The Balaban J connectivity index is 1.11. The maximum absolute atomic E-state index is 14.6. The number of aromatic amines is 1. The van der Waals surface area contributed by atoms with Crippen LogP contribution in [-0.2, 0) is 40.6 Å². The van der Waals surface area contributed by atoms with E-state index in [1.54, 1.807) is 25.9 Å². The molecule has 0 bridgehead atoms. The highest BCUT2D eigenvalue weighted by Gasteiger charge is 2.66. The highest BCUT2D eigenvalue weighted by molar-refractivity contribution is 6.74. The first kappa shape index (κ1) is 57.1. The quantitative estimate of drug-likeness (QED) is 0.0385. The maximum atomic E-state index is 14.6. The van der Waals surface area contributed by atoms with Crippen molar-refractivity contribution < 1.29 is 55.4 Å². The molecule has 74 heavy (non-hydrogen) atoms. The fraction of sp³-hybridized carbons (Fsp3) is 0.537. The van der Waals surface area contributed by atoms with E-state index >= 15 is 0 Å². The second-order valence-electron chi connectivity index (χ2n) is 22.1. The molecule has 0 aliphatic heterocycles. The number of alkyl halides is 4. The number of amides is 4. The van der Waals surface area contributed by atoms with Gasteiger partial charge in [-0.3, -0.25) is 19.5 Å². The normalized spacial score (nSPS) is 19.2. The maximum Gasteiger partial charge on any atom is 0.412 e. The van der Waals surface area contributed by atoms with Crippen molar-refractivity contribution in [1.29, 1.82) is 0 Å². The number of anilines is 1. The van der Waals surface area contributed by atoms with Crippen molar-refractivity contribution in [2.24, 2.45) is 11.8 Å². The Morgan fingerprint density at radius 2 is 1.43 bits per heavy atom. The molecule has 1 aromatic heterocycles. The number of hydrogen-bond acceptors (Lipinski definition) is 10. The third-order valence-electron chi connectivity index (χ3n) is 14.3. The van der Waals surface area contributed by atoms with Crippen molar-refractivity contribution in [3.8, 4) is 22.5 Å². The Hall–Kier alpha value is -6.15. The molecule has 20 heteroatoms. The molecule has 15 nitrogen and oxygen atoms in total. The lowest BCUT2D eigenvalue weighted by atomic mass is 9.81. The molecule has 0 radical (unpaired) electrons. The van der Waals surface area contributed by atoms with Crippen LogP contribution >= 0.6 is 0 Å². The zero-order valence-corrected chi connectivity index (χ0v) is 45.0. The predicted molar refractivity (Wildman–Crippen MR) is 275 cm³/mol. The van der Waals surface area contributed by atoms with Crippen molar-refractivity contribution >= 4 is 43.8 Å². The first-order valence-corrected chi connectivity index (χ1v) is 28.1. The lowest BCUT2D eigenvalue weighted by Crippen LogP contribution is -2.48. The molecule has 1 atom stereocenters. The number of esters is 1. The van der Waals surface area contributed by atoms with Gasteiger partial charge < -0.3 is 35.2 Å². The zero-order valence-electron chi connectivity index (χ0n) is 44.0. The van der Waals surface area contributed by atoms with Gasteiger partial charge >= 0.3 is 23.9 Å². The monoisotopic (exact) mass is 1050 g/mol. The topological polar surface area (TPSA) is 203 Å². The molecule has 2 saturated carbocycles. The van der Waals surface area contributed by atoms with Gasteiger partial charge in [0.2, 0.25) is 17.6 Å². The number of nitrogens with one attached hydrogen (secondary N) is 5. The number of alkyl carbamates (subject to hydrolysis) is 1. The van der Waals surface area contributed by atoms with Gasteiger partial charge in [-0.15, -0.1) is 0 Å². The molecule has 0 unspecified atom stereocenters. The summed E-state index contributed by atoms with van der Waals surface area (Å²) in [5.74, 6) is -15.9. The van der Waals surface area contributed by atoms with Gasteiger partial charge in [0.15, 0.2) is 14.1 Å². The number of H-pyrrole nitrogens is 1. The number of nitrogens with zero attached hydrogens (tertiary/aromatic N) is 2. The summed E-state index contributed by atoms with van der Waals surface area (Å²) in [5, 5.41) is 17.4. The number of halogens is 4. The Morgan fingerprint density at radius 3 is 2.01 bits per heavy atom. The van der Waals surface area contributed by atoms with Gasteiger partial charge in [-0.2, -0.15) is 22.7 Å². The number of methoxy groups -OCH3 is 1. The lowest BCUT2D eigenvalue weighted by Gasteiger charge is -2.41. The van der Waals surface area contributed by atoms with Gasteiger partial charge in [0.05, 0.1) is 7.11 Å². The first-order valence-electron chi connectivity index (χ1n) is 25.2. The molecular weight excluding hydrogens is 979 g/mol. The van der Waals surface area contributed by atoms with Crippen LogP contribution in [0.2, 0.25) is 18.1 Å². The third-order valence-corrected chi connectivity index (χ3v) is 18.8. The Morgan fingerprint density at radius 1 is 0.811 bits per heavy atom. The van der Waals surface area contributed by atoms with Crippen molar-refractivity contribution in [1.82, 2.24) is 31.1 Å². The summed E-state index contributed by atoms with van der Waals surface area (Å²) in [4.78, 5) is 68.6. The van der Waals surface area contributed by atoms with Crippen molar-refractivity contribution in [2.75, 3.05) is 19.0 Å². The summed E-state index contributed by atoms with van der Waals surface area (Å²) in [5.41, 5.74) is 3.79. The number of carbonyl (C=O) groups is 5. The molecule has 0 spiro atoms. The van der Waals surface area contributed by atoms with E-state index in [1.807, 2.05) is 49.4 Å². The van der Waals surface area contributed by atoms with Crippen LogP contribution in [0, 0.1) is 18.8 Å². The van der Waals surface area contributed by atoms with Gasteiger partial charge in [-0.1, -0.05) is 51.1 Å². The van der Waals surface area contributed by atoms with Crippen LogP contribution in [0.15, 0.2) is 66.7 Å². The molecule has 4 amide bonds. The molecule has 2 aliphatic carbocycles. The number of benzene rings is 3. The van der Waals surface area contributed by atoms with Crippen molar-refractivity contribution in [3.05, 3.63) is 89.2 Å². The van der Waals surface area contributed by atoms with E-state index in [4.69, 9.17) is 9.16 Å². The van der Waals surface area contributed by atoms with E-state index in [0.29, 0.717) is 44.9 Å². The van der Waals surface area contributed by atoms with E-state index in [-0.39, 0.29) is 64.3 Å². The van der Waals surface area contributed by atoms with Gasteiger partial charge in [0.25, 0.3) is 5.91 Å². The van der Waals surface area contributed by atoms with Crippen LogP contribution < -0.4 is 21.3 Å². The summed E-state index contributed by atoms with van der Waals surface area (Å²) < 4.78 is 73.5. The van der Waals surface area contributed by atoms with Crippen LogP contribution in [-0.4, -0.2) is 96.6 Å². The average Bonchev–Trinajstić information content (AvgIpc) is 3.85. The molecular formula is C54H71F4N7O8Si. The molecule has 402 valence electrons. The van der Waals surface area contributed by atoms with Crippen LogP contribution in [0.5, 0.6) is 0 Å². The number of hydrogen-bond donors (Lipinski definition) is 5. The molecule has 2 aliphatic rings. The Labute approximate surface area is 431 Å². The van der Waals surface area contributed by atoms with Gasteiger partial charge in [-0.25, -0.2) is 14.6 Å².